The molecule has 2 aromatic rings. The molecular weight excluding hydrogens is 346 g/mol. The van der Waals surface area contributed by atoms with E-state index in [1.54, 1.807) is 9.80 Å². The number of nitrogens with one attached hydrogen (secondary N) is 1. The molecule has 0 aliphatic carbocycles. The van der Waals surface area contributed by atoms with Crippen LogP contribution in [0.2, 0.25) is 0 Å². The van der Waals surface area contributed by atoms with E-state index in [0.717, 1.165) is 17.7 Å². The number of aromatic nitrogens is 2. The maximum Gasteiger partial charge on any atom is 0.322 e. The normalized spacial score (nSPS) is 13.9. The van der Waals surface area contributed by atoms with Gasteiger partial charge >= 0.3 is 6.03 Å². The minimum absolute atomic E-state index is 0.120. The van der Waals surface area contributed by atoms with Gasteiger partial charge in [-0.15, -0.1) is 0 Å². The lowest BCUT2D eigenvalue weighted by molar-refractivity contribution is -0.117. The SMILES string of the molecule is CCc1noc(CN(CC)C(=O)Nc2cc(N3CCCC3=O)ccc2C)n1. The predicted molar refractivity (Wildman–Crippen MR) is 102 cm³/mol. The summed E-state index contributed by atoms with van der Waals surface area (Å²) in [6.45, 7) is 7.22. The molecule has 1 aromatic heterocycles. The molecule has 2 heterocycles. The molecule has 0 saturated carbocycles. The smallest absolute Gasteiger partial charge is 0.322 e. The zero-order valence-electron chi connectivity index (χ0n) is 16.0. The van der Waals surface area contributed by atoms with E-state index in [1.165, 1.54) is 0 Å². The third-order valence-electron chi connectivity index (χ3n) is 4.67. The van der Waals surface area contributed by atoms with Gasteiger partial charge in [0, 0.05) is 37.3 Å². The van der Waals surface area contributed by atoms with E-state index in [9.17, 15) is 9.59 Å². The molecule has 3 amide bonds. The summed E-state index contributed by atoms with van der Waals surface area (Å²) in [5.74, 6) is 1.16. The van der Waals surface area contributed by atoms with Gasteiger partial charge in [-0.2, -0.15) is 4.98 Å². The van der Waals surface area contributed by atoms with Crippen LogP contribution in [0.25, 0.3) is 0 Å². The Bertz CT molecular complexity index is 833. The summed E-state index contributed by atoms with van der Waals surface area (Å²) in [5, 5.41) is 6.80. The lowest BCUT2D eigenvalue weighted by Gasteiger charge is -2.22. The van der Waals surface area contributed by atoms with E-state index in [4.69, 9.17) is 4.52 Å². The molecule has 8 nitrogen and oxygen atoms in total. The zero-order chi connectivity index (χ0) is 19.4. The van der Waals surface area contributed by atoms with Crippen molar-refractivity contribution in [3.05, 3.63) is 35.5 Å². The fourth-order valence-electron chi connectivity index (χ4n) is 3.02. The number of nitrogens with zero attached hydrogens (tertiary/aromatic N) is 4. The first-order chi connectivity index (χ1) is 13.0. The quantitative estimate of drug-likeness (QED) is 0.842. The van der Waals surface area contributed by atoms with Gasteiger partial charge in [-0.05, 0) is 38.0 Å². The fraction of sp³-hybridized carbons (Fsp3) is 0.474. The van der Waals surface area contributed by atoms with E-state index >= 15 is 0 Å². The Morgan fingerprint density at radius 2 is 2.19 bits per heavy atom. The first kappa shape index (κ1) is 18.9. The van der Waals surface area contributed by atoms with Gasteiger partial charge in [0.05, 0.1) is 0 Å². The number of carbonyl (C=O) groups is 2. The number of hydrogen-bond acceptors (Lipinski definition) is 5. The lowest BCUT2D eigenvalue weighted by atomic mass is 10.1. The zero-order valence-corrected chi connectivity index (χ0v) is 16.0. The topological polar surface area (TPSA) is 91.6 Å². The molecule has 27 heavy (non-hydrogen) atoms. The van der Waals surface area contributed by atoms with Crippen LogP contribution in [0.3, 0.4) is 0 Å². The highest BCUT2D eigenvalue weighted by atomic mass is 16.5. The Hall–Kier alpha value is -2.90. The van der Waals surface area contributed by atoms with Crippen molar-refractivity contribution in [2.24, 2.45) is 0 Å². The van der Waals surface area contributed by atoms with E-state index in [1.807, 2.05) is 39.0 Å². The third kappa shape index (κ3) is 4.27. The van der Waals surface area contributed by atoms with Crippen LogP contribution in [-0.2, 0) is 17.8 Å². The Kier molecular flexibility index (Phi) is 5.73. The standard InChI is InChI=1S/C19H25N5O3/c1-4-16-21-17(27-22-16)12-23(5-2)19(26)20-15-11-14(9-8-13(15)3)24-10-6-7-18(24)25/h8-9,11H,4-7,10,12H2,1-3H3,(H,20,26). The van der Waals surface area contributed by atoms with Gasteiger partial charge in [0.25, 0.3) is 0 Å². The van der Waals surface area contributed by atoms with Crippen LogP contribution < -0.4 is 10.2 Å². The molecule has 1 saturated heterocycles. The van der Waals surface area contributed by atoms with Crippen LogP contribution in [0.5, 0.6) is 0 Å². The highest BCUT2D eigenvalue weighted by molar-refractivity contribution is 5.97. The Labute approximate surface area is 158 Å². The third-order valence-corrected chi connectivity index (χ3v) is 4.67. The largest absolute Gasteiger partial charge is 0.337 e. The average molecular weight is 371 g/mol. The summed E-state index contributed by atoms with van der Waals surface area (Å²) in [4.78, 5) is 32.3. The number of anilines is 2. The summed E-state index contributed by atoms with van der Waals surface area (Å²) in [6, 6.07) is 5.43. The molecule has 0 unspecified atom stereocenters. The molecule has 0 atom stereocenters. The highest BCUT2D eigenvalue weighted by Crippen LogP contribution is 2.27. The molecule has 8 heteroatoms. The van der Waals surface area contributed by atoms with Crippen molar-refractivity contribution in [3.8, 4) is 0 Å². The second kappa shape index (κ2) is 8.20. The van der Waals surface area contributed by atoms with Crippen molar-refractivity contribution in [2.45, 2.75) is 46.6 Å². The van der Waals surface area contributed by atoms with Crippen LogP contribution in [0.4, 0.5) is 16.2 Å². The van der Waals surface area contributed by atoms with Crippen LogP contribution in [-0.4, -0.2) is 40.1 Å². The molecule has 1 aliphatic heterocycles. The summed E-state index contributed by atoms with van der Waals surface area (Å²) in [5.41, 5.74) is 2.43. The summed E-state index contributed by atoms with van der Waals surface area (Å²) >= 11 is 0. The Morgan fingerprint density at radius 1 is 1.37 bits per heavy atom. The monoisotopic (exact) mass is 371 g/mol. The molecule has 3 rings (SSSR count). The van der Waals surface area contributed by atoms with E-state index < -0.39 is 0 Å². The molecule has 0 radical (unpaired) electrons. The molecule has 1 aromatic carbocycles. The van der Waals surface area contributed by atoms with Gasteiger partial charge in [0.1, 0.15) is 6.54 Å². The van der Waals surface area contributed by atoms with Crippen molar-refractivity contribution >= 4 is 23.3 Å². The number of carbonyl (C=O) groups excluding carboxylic acids is 2. The van der Waals surface area contributed by atoms with Crippen LogP contribution in [0.15, 0.2) is 22.7 Å². The molecule has 1 fully saturated rings. The fourth-order valence-corrected chi connectivity index (χ4v) is 3.02. The number of hydrogen-bond donors (Lipinski definition) is 1. The van der Waals surface area contributed by atoms with E-state index in [0.29, 0.717) is 43.3 Å². The maximum atomic E-state index is 12.7. The average Bonchev–Trinajstić information content (AvgIpc) is 3.30. The Morgan fingerprint density at radius 3 is 2.81 bits per heavy atom. The number of benzene rings is 1. The molecule has 1 N–H and O–H groups in total. The minimum atomic E-state index is -0.248. The van der Waals surface area contributed by atoms with Gasteiger partial charge < -0.3 is 19.6 Å². The van der Waals surface area contributed by atoms with E-state index in [-0.39, 0.29) is 18.5 Å². The van der Waals surface area contributed by atoms with Crippen molar-refractivity contribution < 1.29 is 14.1 Å². The summed E-state index contributed by atoms with van der Waals surface area (Å²) < 4.78 is 5.18. The molecule has 0 spiro atoms. The minimum Gasteiger partial charge on any atom is -0.337 e. The molecule has 144 valence electrons. The van der Waals surface area contributed by atoms with Gasteiger partial charge in [-0.25, -0.2) is 4.79 Å². The van der Waals surface area contributed by atoms with Gasteiger partial charge in [-0.3, -0.25) is 4.79 Å². The first-order valence-corrected chi connectivity index (χ1v) is 9.30. The highest BCUT2D eigenvalue weighted by Gasteiger charge is 2.23. The van der Waals surface area contributed by atoms with Crippen LogP contribution in [0, 0.1) is 6.92 Å². The van der Waals surface area contributed by atoms with Crippen molar-refractivity contribution in [1.29, 1.82) is 0 Å². The first-order valence-electron chi connectivity index (χ1n) is 9.30. The van der Waals surface area contributed by atoms with E-state index in [2.05, 4.69) is 15.5 Å². The second-order valence-corrected chi connectivity index (χ2v) is 6.55. The molecule has 0 bridgehead atoms. The number of aryl methyl sites for hydroxylation is 2. The lowest BCUT2D eigenvalue weighted by Crippen LogP contribution is -2.34. The number of rotatable bonds is 6. The number of amides is 3. The van der Waals surface area contributed by atoms with Crippen LogP contribution in [0.1, 0.15) is 44.0 Å². The molecular formula is C19H25N5O3. The molecule has 1 aliphatic rings. The van der Waals surface area contributed by atoms with Crippen LogP contribution >= 0.6 is 0 Å². The maximum absolute atomic E-state index is 12.7. The van der Waals surface area contributed by atoms with Crippen molar-refractivity contribution in [3.63, 3.8) is 0 Å². The predicted octanol–water partition coefficient (Wildman–Crippen LogP) is 3.12. The Balaban J connectivity index is 1.72. The van der Waals surface area contributed by atoms with Gasteiger partial charge in [0.15, 0.2) is 5.82 Å². The number of urea groups is 1. The summed E-state index contributed by atoms with van der Waals surface area (Å²) in [6.07, 6.45) is 2.12. The van der Waals surface area contributed by atoms with Crippen molar-refractivity contribution in [2.75, 3.05) is 23.3 Å². The second-order valence-electron chi connectivity index (χ2n) is 6.55. The van der Waals surface area contributed by atoms with Crippen molar-refractivity contribution in [1.82, 2.24) is 15.0 Å². The summed E-state index contributed by atoms with van der Waals surface area (Å²) in [7, 11) is 0. The van der Waals surface area contributed by atoms with Gasteiger partial charge in [-0.1, -0.05) is 18.1 Å². The van der Waals surface area contributed by atoms with Gasteiger partial charge in [0.2, 0.25) is 11.8 Å².